The van der Waals surface area contributed by atoms with Gasteiger partial charge in [-0.3, -0.25) is 4.79 Å². The predicted molar refractivity (Wildman–Crippen MR) is 59.1 cm³/mol. The molecule has 15 heavy (non-hydrogen) atoms. The van der Waals surface area contributed by atoms with Gasteiger partial charge in [0.15, 0.2) is 0 Å². The zero-order chi connectivity index (χ0) is 11.0. The molecule has 0 bridgehead atoms. The maximum Gasteiger partial charge on any atom is 0.251 e. The summed E-state index contributed by atoms with van der Waals surface area (Å²) in [5.41, 5.74) is 2.60. The first-order valence-electron chi connectivity index (χ1n) is 5.15. The van der Waals surface area contributed by atoms with E-state index in [9.17, 15) is 4.79 Å². The van der Waals surface area contributed by atoms with Gasteiger partial charge in [0, 0.05) is 12.1 Å². The van der Waals surface area contributed by atoms with Gasteiger partial charge in [-0.15, -0.1) is 0 Å². The monoisotopic (exact) mass is 205 g/mol. The Hall–Kier alpha value is -1.58. The summed E-state index contributed by atoms with van der Waals surface area (Å²) in [4.78, 5) is 14.2. The molecule has 0 amide bonds. The molecule has 1 N–H and O–H groups in total. The molecular weight excluding hydrogens is 190 g/mol. The molecule has 0 atom stereocenters. The number of H-pyrrole nitrogens is 1. The van der Waals surface area contributed by atoms with Crippen LogP contribution in [-0.2, 0) is 6.42 Å². The summed E-state index contributed by atoms with van der Waals surface area (Å²) in [6.07, 6.45) is 0.863. The third-order valence-electron chi connectivity index (χ3n) is 2.27. The van der Waals surface area contributed by atoms with Gasteiger partial charge in [0.25, 0.3) is 5.56 Å². The fourth-order valence-corrected chi connectivity index (χ4v) is 1.75. The van der Waals surface area contributed by atoms with E-state index in [-0.39, 0.29) is 5.56 Å². The molecule has 0 aliphatic heterocycles. The third kappa shape index (κ3) is 1.93. The molecular formula is C11H15N3O. The van der Waals surface area contributed by atoms with Gasteiger partial charge in [-0.2, -0.15) is 5.10 Å². The first-order chi connectivity index (χ1) is 7.06. The second kappa shape index (κ2) is 3.53. The predicted octanol–water partition coefficient (Wildman–Crippen LogP) is 1.53. The van der Waals surface area contributed by atoms with Crippen molar-refractivity contribution in [1.82, 2.24) is 14.6 Å². The van der Waals surface area contributed by atoms with Crippen molar-refractivity contribution in [2.75, 3.05) is 0 Å². The molecule has 2 aromatic heterocycles. The van der Waals surface area contributed by atoms with Crippen molar-refractivity contribution in [2.45, 2.75) is 27.2 Å². The number of aromatic amines is 1. The molecule has 0 unspecified atom stereocenters. The van der Waals surface area contributed by atoms with E-state index < -0.39 is 0 Å². The standard InChI is InChI=1S/C11H15N3O/c1-7(2)4-9-6-11(15)12-10-5-8(3)13-14(9)10/h5-7H,4H2,1-3H3,(H,12,15). The van der Waals surface area contributed by atoms with Crippen LogP contribution in [0.1, 0.15) is 25.2 Å². The molecule has 0 aromatic carbocycles. The Labute approximate surface area is 87.9 Å². The van der Waals surface area contributed by atoms with Crippen LogP contribution >= 0.6 is 0 Å². The molecule has 0 saturated carbocycles. The minimum atomic E-state index is -0.0574. The van der Waals surface area contributed by atoms with E-state index in [2.05, 4.69) is 23.9 Å². The molecule has 0 saturated heterocycles. The fourth-order valence-electron chi connectivity index (χ4n) is 1.75. The zero-order valence-corrected chi connectivity index (χ0v) is 9.24. The van der Waals surface area contributed by atoms with Gasteiger partial charge < -0.3 is 4.98 Å². The van der Waals surface area contributed by atoms with Gasteiger partial charge in [0.2, 0.25) is 0 Å². The second-order valence-electron chi connectivity index (χ2n) is 4.31. The topological polar surface area (TPSA) is 50.2 Å². The number of aryl methyl sites for hydroxylation is 1. The molecule has 0 radical (unpaired) electrons. The molecule has 0 aliphatic rings. The Balaban J connectivity index is 2.65. The van der Waals surface area contributed by atoms with Crippen molar-refractivity contribution in [1.29, 1.82) is 0 Å². The van der Waals surface area contributed by atoms with Crippen LogP contribution in [0.5, 0.6) is 0 Å². The summed E-state index contributed by atoms with van der Waals surface area (Å²) < 4.78 is 1.82. The highest BCUT2D eigenvalue weighted by molar-refractivity contribution is 5.39. The third-order valence-corrected chi connectivity index (χ3v) is 2.27. The molecule has 4 nitrogen and oxygen atoms in total. The van der Waals surface area contributed by atoms with E-state index in [4.69, 9.17) is 0 Å². The molecule has 0 spiro atoms. The lowest BCUT2D eigenvalue weighted by atomic mass is 10.1. The highest BCUT2D eigenvalue weighted by Gasteiger charge is 2.07. The number of rotatable bonds is 2. The number of nitrogens with one attached hydrogen (secondary N) is 1. The lowest BCUT2D eigenvalue weighted by molar-refractivity contribution is 0.617. The second-order valence-corrected chi connectivity index (χ2v) is 4.31. The van der Waals surface area contributed by atoms with Gasteiger partial charge in [-0.25, -0.2) is 4.52 Å². The Kier molecular flexibility index (Phi) is 2.34. The summed E-state index contributed by atoms with van der Waals surface area (Å²) in [6, 6.07) is 3.50. The van der Waals surface area contributed by atoms with E-state index >= 15 is 0 Å². The van der Waals surface area contributed by atoms with Crippen LogP contribution in [0.3, 0.4) is 0 Å². The minimum Gasteiger partial charge on any atom is -0.307 e. The number of aromatic nitrogens is 3. The van der Waals surface area contributed by atoms with Gasteiger partial charge in [-0.05, 0) is 19.3 Å². The van der Waals surface area contributed by atoms with E-state index in [1.807, 2.05) is 17.5 Å². The lowest BCUT2D eigenvalue weighted by Gasteiger charge is -2.06. The van der Waals surface area contributed by atoms with E-state index in [0.29, 0.717) is 5.92 Å². The smallest absolute Gasteiger partial charge is 0.251 e. The van der Waals surface area contributed by atoms with E-state index in [0.717, 1.165) is 23.5 Å². The maximum atomic E-state index is 11.4. The maximum absolute atomic E-state index is 11.4. The van der Waals surface area contributed by atoms with Gasteiger partial charge in [0.05, 0.1) is 11.4 Å². The van der Waals surface area contributed by atoms with Crippen LogP contribution in [0.4, 0.5) is 0 Å². The Bertz CT molecular complexity index is 536. The van der Waals surface area contributed by atoms with Gasteiger partial charge in [0.1, 0.15) is 5.65 Å². The van der Waals surface area contributed by atoms with E-state index in [1.54, 1.807) is 6.07 Å². The number of nitrogens with zero attached hydrogens (tertiary/aromatic N) is 2. The summed E-state index contributed by atoms with van der Waals surface area (Å²) in [6.45, 7) is 6.18. The van der Waals surface area contributed by atoms with Crippen molar-refractivity contribution in [3.8, 4) is 0 Å². The van der Waals surface area contributed by atoms with E-state index in [1.165, 1.54) is 0 Å². The highest BCUT2D eigenvalue weighted by atomic mass is 16.1. The molecule has 2 heterocycles. The summed E-state index contributed by atoms with van der Waals surface area (Å²) in [7, 11) is 0. The SMILES string of the molecule is Cc1cc2[nH]c(=O)cc(CC(C)C)n2n1. The van der Waals surface area contributed by atoms with Crippen LogP contribution in [0.15, 0.2) is 16.9 Å². The van der Waals surface area contributed by atoms with Crippen LogP contribution in [0, 0.1) is 12.8 Å². The summed E-state index contributed by atoms with van der Waals surface area (Å²) in [5.74, 6) is 0.513. The van der Waals surface area contributed by atoms with Gasteiger partial charge >= 0.3 is 0 Å². The molecule has 0 fully saturated rings. The Morgan fingerprint density at radius 2 is 2.20 bits per heavy atom. The average Bonchev–Trinajstić information content (AvgIpc) is 2.44. The van der Waals surface area contributed by atoms with Crippen molar-refractivity contribution < 1.29 is 0 Å². The van der Waals surface area contributed by atoms with Crippen LogP contribution in [0.25, 0.3) is 5.65 Å². The van der Waals surface area contributed by atoms with Crippen molar-refractivity contribution >= 4 is 5.65 Å². The number of hydrogen-bond acceptors (Lipinski definition) is 2. The average molecular weight is 205 g/mol. The highest BCUT2D eigenvalue weighted by Crippen LogP contribution is 2.08. The quantitative estimate of drug-likeness (QED) is 0.808. The lowest BCUT2D eigenvalue weighted by Crippen LogP contribution is -2.13. The Morgan fingerprint density at radius 3 is 2.87 bits per heavy atom. The first-order valence-corrected chi connectivity index (χ1v) is 5.15. The molecule has 0 aliphatic carbocycles. The molecule has 4 heteroatoms. The summed E-state index contributed by atoms with van der Waals surface area (Å²) >= 11 is 0. The van der Waals surface area contributed by atoms with Crippen LogP contribution < -0.4 is 5.56 Å². The first kappa shape index (κ1) is 9.96. The minimum absolute atomic E-state index is 0.0574. The normalized spacial score (nSPS) is 11.5. The summed E-state index contributed by atoms with van der Waals surface area (Å²) in [5, 5.41) is 4.35. The van der Waals surface area contributed by atoms with Crippen LogP contribution in [0.2, 0.25) is 0 Å². The zero-order valence-electron chi connectivity index (χ0n) is 9.24. The number of fused-ring (bicyclic) bond motifs is 1. The van der Waals surface area contributed by atoms with Crippen molar-refractivity contribution in [2.24, 2.45) is 5.92 Å². The molecule has 2 rings (SSSR count). The number of hydrogen-bond donors (Lipinski definition) is 1. The molecule has 80 valence electrons. The Morgan fingerprint density at radius 1 is 1.47 bits per heavy atom. The largest absolute Gasteiger partial charge is 0.307 e. The van der Waals surface area contributed by atoms with Crippen molar-refractivity contribution in [3.05, 3.63) is 33.9 Å². The van der Waals surface area contributed by atoms with Gasteiger partial charge in [-0.1, -0.05) is 13.8 Å². The molecule has 2 aromatic rings. The van der Waals surface area contributed by atoms with Crippen molar-refractivity contribution in [3.63, 3.8) is 0 Å². The van der Waals surface area contributed by atoms with Crippen LogP contribution in [-0.4, -0.2) is 14.6 Å². The fraction of sp³-hybridized carbons (Fsp3) is 0.455.